The van der Waals surface area contributed by atoms with Crippen molar-refractivity contribution in [3.63, 3.8) is 0 Å². The summed E-state index contributed by atoms with van der Waals surface area (Å²) in [6, 6.07) is 64.9. The number of thiophene rings is 1. The molecule has 0 unspecified atom stereocenters. The van der Waals surface area contributed by atoms with Crippen LogP contribution in [0.4, 0.5) is 34.1 Å². The molecule has 8 aromatic carbocycles. The van der Waals surface area contributed by atoms with E-state index in [-0.39, 0.29) is 0 Å². The molecule has 0 amide bonds. The van der Waals surface area contributed by atoms with Crippen molar-refractivity contribution >= 4 is 98.3 Å². The van der Waals surface area contributed by atoms with Gasteiger partial charge in [-0.05, 0) is 83.6 Å². The first kappa shape index (κ1) is 28.6. The first-order chi connectivity index (χ1) is 24.8. The van der Waals surface area contributed by atoms with Gasteiger partial charge in [0.2, 0.25) is 0 Å². The maximum Gasteiger partial charge on any atom is 0.137 e. The second kappa shape index (κ2) is 11.7. The summed E-state index contributed by atoms with van der Waals surface area (Å²) in [5.41, 5.74) is 8.17. The molecule has 3 nitrogen and oxygen atoms in total. The molecule has 0 aliphatic heterocycles. The molecule has 0 atom stereocenters. The highest BCUT2D eigenvalue weighted by Gasteiger charge is 2.28. The highest BCUT2D eigenvalue weighted by molar-refractivity contribution is 7.26. The molecule has 50 heavy (non-hydrogen) atoms. The van der Waals surface area contributed by atoms with E-state index in [1.54, 1.807) is 0 Å². The van der Waals surface area contributed by atoms with E-state index in [0.717, 1.165) is 61.4 Å². The van der Waals surface area contributed by atoms with Crippen LogP contribution in [0.1, 0.15) is 0 Å². The van der Waals surface area contributed by atoms with Gasteiger partial charge in [-0.25, -0.2) is 0 Å². The maximum absolute atomic E-state index is 6.74. The van der Waals surface area contributed by atoms with Gasteiger partial charge in [-0.3, -0.25) is 0 Å². The van der Waals surface area contributed by atoms with Crippen molar-refractivity contribution in [2.24, 2.45) is 0 Å². The zero-order valence-electron chi connectivity index (χ0n) is 27.0. The van der Waals surface area contributed by atoms with Gasteiger partial charge >= 0.3 is 0 Å². The van der Waals surface area contributed by atoms with E-state index < -0.39 is 0 Å². The van der Waals surface area contributed by atoms with Gasteiger partial charge in [-0.2, -0.15) is 0 Å². The monoisotopic (exact) mass is 658 g/mol. The predicted molar refractivity (Wildman–Crippen MR) is 213 cm³/mol. The second-order valence-electron chi connectivity index (χ2n) is 12.5. The third kappa shape index (κ3) is 4.57. The lowest BCUT2D eigenvalue weighted by atomic mass is 10.0. The van der Waals surface area contributed by atoms with E-state index in [4.69, 9.17) is 4.42 Å². The Kier molecular flexibility index (Phi) is 6.68. The van der Waals surface area contributed by atoms with Gasteiger partial charge in [0.25, 0.3) is 0 Å². The zero-order valence-corrected chi connectivity index (χ0v) is 27.8. The second-order valence-corrected chi connectivity index (χ2v) is 13.6. The van der Waals surface area contributed by atoms with E-state index in [2.05, 4.69) is 192 Å². The van der Waals surface area contributed by atoms with Crippen LogP contribution in [0, 0.1) is 0 Å². The Hall–Kier alpha value is -6.36. The van der Waals surface area contributed by atoms with Gasteiger partial charge in [0.1, 0.15) is 11.2 Å². The predicted octanol–water partition coefficient (Wildman–Crippen LogP) is 14.0. The summed E-state index contributed by atoms with van der Waals surface area (Å²) in [7, 11) is 0. The maximum atomic E-state index is 6.74. The number of anilines is 6. The molecule has 10 aromatic rings. The van der Waals surface area contributed by atoms with Crippen molar-refractivity contribution in [2.75, 3.05) is 9.80 Å². The Morgan fingerprint density at radius 2 is 0.980 bits per heavy atom. The number of fused-ring (bicyclic) bond motifs is 7. The summed E-state index contributed by atoms with van der Waals surface area (Å²) >= 11 is 1.85. The largest absolute Gasteiger partial charge is 0.456 e. The number of furan rings is 1. The van der Waals surface area contributed by atoms with Crippen LogP contribution in [0.5, 0.6) is 0 Å². The van der Waals surface area contributed by atoms with Gasteiger partial charge in [-0.1, -0.05) is 109 Å². The van der Waals surface area contributed by atoms with Crippen molar-refractivity contribution in [3.05, 3.63) is 182 Å². The highest BCUT2D eigenvalue weighted by atomic mass is 32.1. The molecule has 236 valence electrons. The van der Waals surface area contributed by atoms with Crippen molar-refractivity contribution in [3.8, 4) is 0 Å². The minimum Gasteiger partial charge on any atom is -0.456 e. The quantitative estimate of drug-likeness (QED) is 0.177. The summed E-state index contributed by atoms with van der Waals surface area (Å²) in [5, 5.41) is 7.03. The topological polar surface area (TPSA) is 19.6 Å². The van der Waals surface area contributed by atoms with Gasteiger partial charge in [-0.15, -0.1) is 11.3 Å². The van der Waals surface area contributed by atoms with Crippen LogP contribution in [0.15, 0.2) is 186 Å². The van der Waals surface area contributed by atoms with E-state index >= 15 is 0 Å². The Labute approximate surface area is 293 Å². The van der Waals surface area contributed by atoms with Gasteiger partial charge in [0.15, 0.2) is 0 Å². The average Bonchev–Trinajstić information content (AvgIpc) is 3.74. The number of hydrogen-bond donors (Lipinski definition) is 0. The molecule has 0 N–H and O–H groups in total. The first-order valence-electron chi connectivity index (χ1n) is 16.9. The summed E-state index contributed by atoms with van der Waals surface area (Å²) in [6.07, 6.45) is 0. The SMILES string of the molecule is c1ccc(N(c2ccc3oc4cc5ccccc5cc4c3c2N(c2ccccc2)c2ccccc2)c2cccc3c2sc2ccccc23)cc1. The highest BCUT2D eigenvalue weighted by Crippen LogP contribution is 2.53. The molecular weight excluding hydrogens is 629 g/mol. The third-order valence-electron chi connectivity index (χ3n) is 9.59. The molecule has 0 aliphatic rings. The van der Waals surface area contributed by atoms with E-state index in [0.29, 0.717) is 0 Å². The van der Waals surface area contributed by atoms with Crippen LogP contribution in [-0.4, -0.2) is 0 Å². The molecular formula is C46H30N2OS. The molecule has 0 saturated carbocycles. The molecule has 0 spiro atoms. The van der Waals surface area contributed by atoms with Crippen molar-refractivity contribution in [1.29, 1.82) is 0 Å². The lowest BCUT2D eigenvalue weighted by Crippen LogP contribution is -2.17. The zero-order chi connectivity index (χ0) is 33.0. The molecule has 2 aromatic heterocycles. The minimum atomic E-state index is 0.846. The van der Waals surface area contributed by atoms with Crippen molar-refractivity contribution < 1.29 is 4.42 Å². The van der Waals surface area contributed by atoms with Gasteiger partial charge in [0, 0.05) is 37.9 Å². The smallest absolute Gasteiger partial charge is 0.137 e. The molecule has 0 radical (unpaired) electrons. The fraction of sp³-hybridized carbons (Fsp3) is 0. The minimum absolute atomic E-state index is 0.846. The van der Waals surface area contributed by atoms with Crippen LogP contribution < -0.4 is 9.80 Å². The van der Waals surface area contributed by atoms with Gasteiger partial charge < -0.3 is 14.2 Å². The van der Waals surface area contributed by atoms with Crippen LogP contribution in [0.25, 0.3) is 52.9 Å². The Morgan fingerprint density at radius 3 is 1.68 bits per heavy atom. The molecule has 0 fully saturated rings. The molecule has 4 heteroatoms. The van der Waals surface area contributed by atoms with Gasteiger partial charge in [0.05, 0.1) is 27.1 Å². The van der Waals surface area contributed by atoms with Crippen LogP contribution in [0.3, 0.4) is 0 Å². The van der Waals surface area contributed by atoms with E-state index in [1.165, 1.54) is 25.6 Å². The van der Waals surface area contributed by atoms with E-state index in [9.17, 15) is 0 Å². The number of para-hydroxylation sites is 3. The van der Waals surface area contributed by atoms with Crippen LogP contribution >= 0.6 is 11.3 Å². The first-order valence-corrected chi connectivity index (χ1v) is 17.7. The standard InChI is InChI=1S/C46H30N2OS/c1-4-17-33(18-5-1)47(34-19-6-2-7-20-34)45-39(27-28-41-44(45)38-29-31-15-10-11-16-32(31)30-42(38)49-41)48(35-21-8-3-9-22-35)40-25-14-24-37-36-23-12-13-26-43(36)50-46(37)40/h1-30H. The lowest BCUT2D eigenvalue weighted by molar-refractivity contribution is 0.669. The van der Waals surface area contributed by atoms with Crippen LogP contribution in [-0.2, 0) is 0 Å². The Morgan fingerprint density at radius 1 is 0.400 bits per heavy atom. The average molecular weight is 659 g/mol. The van der Waals surface area contributed by atoms with Crippen LogP contribution in [0.2, 0.25) is 0 Å². The third-order valence-corrected chi connectivity index (χ3v) is 10.8. The van der Waals surface area contributed by atoms with Crippen molar-refractivity contribution in [1.82, 2.24) is 0 Å². The molecule has 10 rings (SSSR count). The summed E-state index contributed by atoms with van der Waals surface area (Å²) < 4.78 is 9.26. The number of rotatable bonds is 6. The number of benzene rings is 8. The number of hydrogen-bond acceptors (Lipinski definition) is 4. The van der Waals surface area contributed by atoms with Crippen molar-refractivity contribution in [2.45, 2.75) is 0 Å². The molecule has 0 bridgehead atoms. The number of nitrogens with zero attached hydrogens (tertiary/aromatic N) is 2. The molecule has 2 heterocycles. The Balaban J connectivity index is 1.37. The Bertz CT molecular complexity index is 2780. The summed E-state index contributed by atoms with van der Waals surface area (Å²) in [4.78, 5) is 4.83. The molecule has 0 aliphatic carbocycles. The fourth-order valence-corrected chi connectivity index (χ4v) is 8.59. The molecule has 0 saturated heterocycles. The van der Waals surface area contributed by atoms with E-state index in [1.807, 2.05) is 11.3 Å². The summed E-state index contributed by atoms with van der Waals surface area (Å²) in [6.45, 7) is 0. The normalized spacial score (nSPS) is 11.6. The fourth-order valence-electron chi connectivity index (χ4n) is 7.39. The summed E-state index contributed by atoms with van der Waals surface area (Å²) in [5.74, 6) is 0. The lowest BCUT2D eigenvalue weighted by Gasteiger charge is -2.33.